The van der Waals surface area contributed by atoms with Gasteiger partial charge in [-0.2, -0.15) is 0 Å². The number of nitrogens with one attached hydrogen (secondary N) is 1. The zero-order valence-electron chi connectivity index (χ0n) is 12.0. The Hall–Kier alpha value is -2.50. The van der Waals surface area contributed by atoms with Crippen molar-refractivity contribution in [3.63, 3.8) is 0 Å². The molecule has 6 heteroatoms. The van der Waals surface area contributed by atoms with Crippen LogP contribution in [-0.2, 0) is 11.3 Å². The highest BCUT2D eigenvalue weighted by atomic mass is 16.4. The summed E-state index contributed by atoms with van der Waals surface area (Å²) in [4.78, 5) is 23.7. The molecule has 0 unspecified atom stereocenters. The van der Waals surface area contributed by atoms with Crippen LogP contribution in [0.15, 0.2) is 28.7 Å². The monoisotopic (exact) mass is 290 g/mol. The highest BCUT2D eigenvalue weighted by Crippen LogP contribution is 2.24. The number of hydrogen-bond acceptors (Lipinski definition) is 3. The Kier molecular flexibility index (Phi) is 4.47. The van der Waals surface area contributed by atoms with Crippen LogP contribution in [0.1, 0.15) is 17.7 Å². The molecule has 0 spiro atoms. The fraction of sp³-hybridized carbons (Fsp3) is 0.333. The topological polar surface area (TPSA) is 82.8 Å². The van der Waals surface area contributed by atoms with Gasteiger partial charge in [-0.3, -0.25) is 4.79 Å². The van der Waals surface area contributed by atoms with E-state index in [1.807, 2.05) is 31.2 Å². The lowest BCUT2D eigenvalue weighted by Gasteiger charge is -2.16. The van der Waals surface area contributed by atoms with Gasteiger partial charge in [0.2, 0.25) is 0 Å². The molecule has 0 aliphatic heterocycles. The van der Waals surface area contributed by atoms with Gasteiger partial charge in [-0.05, 0) is 13.0 Å². The molecular formula is C15H18N2O4. The number of nitrogens with zero attached hydrogens (tertiary/aromatic N) is 1. The third-order valence-electron chi connectivity index (χ3n) is 3.35. The predicted molar refractivity (Wildman–Crippen MR) is 78.1 cm³/mol. The summed E-state index contributed by atoms with van der Waals surface area (Å²) in [6.07, 6.45) is -0.0758. The van der Waals surface area contributed by atoms with Crippen LogP contribution in [0.3, 0.4) is 0 Å². The first-order valence-corrected chi connectivity index (χ1v) is 6.67. The van der Waals surface area contributed by atoms with Crippen LogP contribution in [0.4, 0.5) is 4.79 Å². The molecule has 0 fully saturated rings. The smallest absolute Gasteiger partial charge is 0.317 e. The van der Waals surface area contributed by atoms with E-state index in [4.69, 9.17) is 9.52 Å². The number of carboxylic acids is 1. The number of aryl methyl sites for hydroxylation is 1. The van der Waals surface area contributed by atoms with E-state index in [-0.39, 0.29) is 25.5 Å². The molecule has 2 N–H and O–H groups in total. The molecule has 2 amide bonds. The first-order chi connectivity index (χ1) is 9.99. The minimum Gasteiger partial charge on any atom is -0.481 e. The quantitative estimate of drug-likeness (QED) is 0.885. The number of urea groups is 1. The molecule has 2 rings (SSSR count). The van der Waals surface area contributed by atoms with Gasteiger partial charge in [0.1, 0.15) is 11.3 Å². The molecule has 1 aromatic carbocycles. The van der Waals surface area contributed by atoms with E-state index >= 15 is 0 Å². The van der Waals surface area contributed by atoms with Gasteiger partial charge < -0.3 is 19.7 Å². The number of carboxylic acid groups (broad SMARTS) is 1. The van der Waals surface area contributed by atoms with Gasteiger partial charge in [-0.1, -0.05) is 18.2 Å². The molecule has 0 aliphatic rings. The van der Waals surface area contributed by atoms with Crippen molar-refractivity contribution < 1.29 is 19.1 Å². The van der Waals surface area contributed by atoms with Crippen LogP contribution in [0.25, 0.3) is 11.0 Å². The second-order valence-electron chi connectivity index (χ2n) is 4.87. The second kappa shape index (κ2) is 6.30. The van der Waals surface area contributed by atoms with E-state index in [1.165, 1.54) is 4.90 Å². The van der Waals surface area contributed by atoms with Crippen LogP contribution in [0.5, 0.6) is 0 Å². The molecule has 1 aromatic heterocycles. The third kappa shape index (κ3) is 3.53. The summed E-state index contributed by atoms with van der Waals surface area (Å²) in [6, 6.07) is 7.36. The van der Waals surface area contributed by atoms with Crippen LogP contribution < -0.4 is 5.32 Å². The highest BCUT2D eigenvalue weighted by molar-refractivity contribution is 5.82. The molecule has 0 saturated carbocycles. The average molecular weight is 290 g/mol. The fourth-order valence-electron chi connectivity index (χ4n) is 2.05. The summed E-state index contributed by atoms with van der Waals surface area (Å²) < 4.78 is 5.70. The Morgan fingerprint density at radius 3 is 2.71 bits per heavy atom. The van der Waals surface area contributed by atoms with Gasteiger partial charge in [-0.15, -0.1) is 0 Å². The Morgan fingerprint density at radius 1 is 1.33 bits per heavy atom. The zero-order chi connectivity index (χ0) is 15.4. The lowest BCUT2D eigenvalue weighted by atomic mass is 10.1. The van der Waals surface area contributed by atoms with Gasteiger partial charge in [0.15, 0.2) is 0 Å². The maximum absolute atomic E-state index is 11.8. The SMILES string of the molecule is Cc1c(CNC(=O)N(C)CCC(=O)O)oc2ccccc12. The molecule has 1 heterocycles. The van der Waals surface area contributed by atoms with Crippen molar-refractivity contribution in [3.05, 3.63) is 35.6 Å². The van der Waals surface area contributed by atoms with Gasteiger partial charge >= 0.3 is 12.0 Å². The number of furan rings is 1. The van der Waals surface area contributed by atoms with Crippen LogP contribution in [0, 0.1) is 6.92 Å². The van der Waals surface area contributed by atoms with Gasteiger partial charge in [0.25, 0.3) is 0 Å². The molecule has 0 atom stereocenters. The van der Waals surface area contributed by atoms with E-state index in [9.17, 15) is 9.59 Å². The summed E-state index contributed by atoms with van der Waals surface area (Å²) in [5.41, 5.74) is 1.79. The number of para-hydroxylation sites is 1. The van der Waals surface area contributed by atoms with Gasteiger partial charge in [0, 0.05) is 24.5 Å². The van der Waals surface area contributed by atoms with E-state index in [2.05, 4.69) is 5.32 Å². The maximum Gasteiger partial charge on any atom is 0.317 e. The lowest BCUT2D eigenvalue weighted by molar-refractivity contribution is -0.137. The van der Waals surface area contributed by atoms with Crippen molar-refractivity contribution in [1.29, 1.82) is 0 Å². The molecule has 21 heavy (non-hydrogen) atoms. The Balaban J connectivity index is 1.96. The summed E-state index contributed by atoms with van der Waals surface area (Å²) in [5.74, 6) is -0.223. The van der Waals surface area contributed by atoms with Crippen LogP contribution in [-0.4, -0.2) is 35.6 Å². The van der Waals surface area contributed by atoms with E-state index in [0.29, 0.717) is 5.76 Å². The number of fused-ring (bicyclic) bond motifs is 1. The molecule has 0 aliphatic carbocycles. The first kappa shape index (κ1) is 14.9. The minimum absolute atomic E-state index is 0.0758. The average Bonchev–Trinajstić information content (AvgIpc) is 2.79. The summed E-state index contributed by atoms with van der Waals surface area (Å²) in [5, 5.41) is 12.3. The molecule has 6 nitrogen and oxygen atoms in total. The Bertz CT molecular complexity index is 663. The lowest BCUT2D eigenvalue weighted by Crippen LogP contribution is -2.38. The molecule has 0 bridgehead atoms. The second-order valence-corrected chi connectivity index (χ2v) is 4.87. The van der Waals surface area contributed by atoms with Crippen molar-refractivity contribution in [2.45, 2.75) is 19.9 Å². The zero-order valence-corrected chi connectivity index (χ0v) is 12.0. The summed E-state index contributed by atoms with van der Waals surface area (Å²) in [7, 11) is 1.56. The molecule has 2 aromatic rings. The van der Waals surface area contributed by atoms with E-state index < -0.39 is 5.97 Å². The Labute approximate surface area is 122 Å². The van der Waals surface area contributed by atoms with Crippen LogP contribution >= 0.6 is 0 Å². The molecule has 0 saturated heterocycles. The number of aliphatic carboxylic acids is 1. The number of rotatable bonds is 5. The molecular weight excluding hydrogens is 272 g/mol. The van der Waals surface area contributed by atoms with Crippen molar-refractivity contribution in [2.24, 2.45) is 0 Å². The van der Waals surface area contributed by atoms with Crippen molar-refractivity contribution in [3.8, 4) is 0 Å². The van der Waals surface area contributed by atoms with Gasteiger partial charge in [0.05, 0.1) is 13.0 Å². The first-order valence-electron chi connectivity index (χ1n) is 6.67. The van der Waals surface area contributed by atoms with Crippen molar-refractivity contribution in [2.75, 3.05) is 13.6 Å². The third-order valence-corrected chi connectivity index (χ3v) is 3.35. The van der Waals surface area contributed by atoms with E-state index in [0.717, 1.165) is 16.5 Å². The van der Waals surface area contributed by atoms with Gasteiger partial charge in [-0.25, -0.2) is 4.79 Å². The Morgan fingerprint density at radius 2 is 2.05 bits per heavy atom. The number of carbonyl (C=O) groups is 2. The number of hydrogen-bond donors (Lipinski definition) is 2. The predicted octanol–water partition coefficient (Wildman–Crippen LogP) is 2.36. The number of carbonyl (C=O) groups excluding carboxylic acids is 1. The van der Waals surface area contributed by atoms with Crippen molar-refractivity contribution in [1.82, 2.24) is 10.2 Å². The normalized spacial score (nSPS) is 10.6. The summed E-state index contributed by atoms with van der Waals surface area (Å²) in [6.45, 7) is 2.39. The minimum atomic E-state index is -0.928. The maximum atomic E-state index is 11.8. The van der Waals surface area contributed by atoms with E-state index in [1.54, 1.807) is 7.05 Å². The highest BCUT2D eigenvalue weighted by Gasteiger charge is 2.13. The fourth-order valence-corrected chi connectivity index (χ4v) is 2.05. The molecule has 0 radical (unpaired) electrons. The molecule has 112 valence electrons. The standard InChI is InChI=1S/C15H18N2O4/c1-10-11-5-3-4-6-12(11)21-13(10)9-16-15(20)17(2)8-7-14(18)19/h3-6H,7-9H2,1-2H3,(H,16,20)(H,18,19). The van der Waals surface area contributed by atoms with Crippen molar-refractivity contribution >= 4 is 23.0 Å². The van der Waals surface area contributed by atoms with Crippen LogP contribution in [0.2, 0.25) is 0 Å². The number of amides is 2. The number of benzene rings is 1. The largest absolute Gasteiger partial charge is 0.481 e. The summed E-state index contributed by atoms with van der Waals surface area (Å²) >= 11 is 0.